The number of hydrogen-bond donors (Lipinski definition) is 1. The molecule has 0 aliphatic heterocycles. The molecule has 0 spiro atoms. The minimum absolute atomic E-state index is 0.387. The second-order valence-corrected chi connectivity index (χ2v) is 7.16. The third-order valence-electron chi connectivity index (χ3n) is 3.03. The Morgan fingerprint density at radius 2 is 1.87 bits per heavy atom. The van der Waals surface area contributed by atoms with Crippen molar-refractivity contribution in [3.05, 3.63) is 64.4 Å². The van der Waals surface area contributed by atoms with Gasteiger partial charge in [-0.05, 0) is 23.8 Å². The summed E-state index contributed by atoms with van der Waals surface area (Å²) in [5.74, 6) is -1.72. The van der Waals surface area contributed by atoms with Crippen LogP contribution < -0.4 is 4.72 Å². The lowest BCUT2D eigenvalue weighted by Crippen LogP contribution is -2.35. The molecule has 0 saturated carbocycles. The Labute approximate surface area is 141 Å². The molecule has 0 aliphatic carbocycles. The van der Waals surface area contributed by atoms with E-state index in [0.29, 0.717) is 10.0 Å². The smallest absolute Gasteiger partial charge is 0.328 e. The Balaban J connectivity index is 2.43. The van der Waals surface area contributed by atoms with Crippen molar-refractivity contribution >= 4 is 31.9 Å². The number of sulfonamides is 1. The zero-order chi connectivity index (χ0) is 17.0. The van der Waals surface area contributed by atoms with Gasteiger partial charge in [-0.3, -0.25) is 0 Å². The highest BCUT2D eigenvalue weighted by atomic mass is 79.9. The van der Waals surface area contributed by atoms with Gasteiger partial charge >= 0.3 is 5.97 Å². The zero-order valence-corrected chi connectivity index (χ0v) is 14.4. The molecule has 0 saturated heterocycles. The Bertz CT molecular complexity index is 811. The van der Waals surface area contributed by atoms with Crippen molar-refractivity contribution in [1.29, 1.82) is 0 Å². The van der Waals surface area contributed by atoms with E-state index in [0.717, 1.165) is 19.2 Å². The first-order valence-corrected chi connectivity index (χ1v) is 8.73. The van der Waals surface area contributed by atoms with Crippen LogP contribution in [-0.4, -0.2) is 21.5 Å². The SMILES string of the molecule is COC(=O)C(NS(=O)(=O)c1cc(Br)ccc1F)c1ccccc1. The Hall–Kier alpha value is -1.77. The lowest BCUT2D eigenvalue weighted by atomic mass is 10.1. The number of methoxy groups -OCH3 is 1. The molecule has 1 N–H and O–H groups in total. The van der Waals surface area contributed by atoms with Gasteiger partial charge in [0.2, 0.25) is 10.0 Å². The maximum atomic E-state index is 13.8. The summed E-state index contributed by atoms with van der Waals surface area (Å²) in [5, 5.41) is 0. The third-order valence-corrected chi connectivity index (χ3v) is 4.96. The van der Waals surface area contributed by atoms with Crippen LogP contribution in [0.15, 0.2) is 57.9 Å². The molecule has 0 bridgehead atoms. The molecule has 0 aromatic heterocycles. The molecule has 2 rings (SSSR count). The fourth-order valence-electron chi connectivity index (χ4n) is 1.92. The predicted molar refractivity (Wildman–Crippen MR) is 85.6 cm³/mol. The van der Waals surface area contributed by atoms with Crippen molar-refractivity contribution < 1.29 is 22.3 Å². The van der Waals surface area contributed by atoms with Crippen LogP contribution in [0.4, 0.5) is 4.39 Å². The quantitative estimate of drug-likeness (QED) is 0.781. The molecular weight excluding hydrogens is 389 g/mol. The summed E-state index contributed by atoms with van der Waals surface area (Å²) >= 11 is 3.09. The van der Waals surface area contributed by atoms with Crippen LogP contribution in [0.3, 0.4) is 0 Å². The van der Waals surface area contributed by atoms with Gasteiger partial charge in [0.15, 0.2) is 0 Å². The van der Waals surface area contributed by atoms with Gasteiger partial charge in [0.25, 0.3) is 0 Å². The summed E-state index contributed by atoms with van der Waals surface area (Å²) in [5.41, 5.74) is 0.387. The molecule has 0 amide bonds. The number of benzene rings is 2. The molecule has 0 radical (unpaired) electrons. The second kappa shape index (κ2) is 7.20. The van der Waals surface area contributed by atoms with E-state index in [1.165, 1.54) is 6.07 Å². The maximum Gasteiger partial charge on any atom is 0.328 e. The van der Waals surface area contributed by atoms with Crippen LogP contribution in [0.25, 0.3) is 0 Å². The largest absolute Gasteiger partial charge is 0.468 e. The lowest BCUT2D eigenvalue weighted by Gasteiger charge is -2.17. The molecule has 5 nitrogen and oxygen atoms in total. The third kappa shape index (κ3) is 4.15. The molecule has 2 aromatic rings. The van der Waals surface area contributed by atoms with E-state index in [1.807, 2.05) is 0 Å². The first-order chi connectivity index (χ1) is 10.8. The number of rotatable bonds is 5. The normalized spacial score (nSPS) is 12.7. The monoisotopic (exact) mass is 401 g/mol. The van der Waals surface area contributed by atoms with Crippen LogP contribution in [0.2, 0.25) is 0 Å². The molecule has 23 heavy (non-hydrogen) atoms. The highest BCUT2D eigenvalue weighted by Gasteiger charge is 2.29. The maximum absolute atomic E-state index is 13.8. The summed E-state index contributed by atoms with van der Waals surface area (Å²) in [7, 11) is -3.13. The van der Waals surface area contributed by atoms with Crippen molar-refractivity contribution in [3.63, 3.8) is 0 Å². The van der Waals surface area contributed by atoms with Gasteiger partial charge in [-0.15, -0.1) is 0 Å². The highest BCUT2D eigenvalue weighted by Crippen LogP contribution is 2.23. The molecule has 1 unspecified atom stereocenters. The van der Waals surface area contributed by atoms with E-state index in [-0.39, 0.29) is 0 Å². The number of ether oxygens (including phenoxy) is 1. The fraction of sp³-hybridized carbons (Fsp3) is 0.133. The zero-order valence-electron chi connectivity index (χ0n) is 12.0. The summed E-state index contributed by atoms with van der Waals surface area (Å²) < 4.78 is 45.9. The molecule has 1 atom stereocenters. The van der Waals surface area contributed by atoms with Gasteiger partial charge < -0.3 is 4.74 Å². The minimum atomic E-state index is -4.27. The molecule has 122 valence electrons. The predicted octanol–water partition coefficient (Wildman–Crippen LogP) is 2.78. The van der Waals surface area contributed by atoms with E-state index in [1.54, 1.807) is 30.3 Å². The highest BCUT2D eigenvalue weighted by molar-refractivity contribution is 9.10. The average molecular weight is 402 g/mol. The Kier molecular flexibility index (Phi) is 5.51. The van der Waals surface area contributed by atoms with E-state index >= 15 is 0 Å². The van der Waals surface area contributed by atoms with Crippen LogP contribution in [0, 0.1) is 5.82 Å². The summed E-state index contributed by atoms with van der Waals surface area (Å²) in [4.78, 5) is 11.4. The number of halogens is 2. The van der Waals surface area contributed by atoms with Crippen molar-refractivity contribution in [2.24, 2.45) is 0 Å². The minimum Gasteiger partial charge on any atom is -0.468 e. The molecule has 8 heteroatoms. The average Bonchev–Trinajstić information content (AvgIpc) is 2.55. The van der Waals surface area contributed by atoms with Crippen molar-refractivity contribution in [2.75, 3.05) is 7.11 Å². The standard InChI is InChI=1S/C15H13BrFNO4S/c1-22-15(19)14(10-5-3-2-4-6-10)18-23(20,21)13-9-11(16)7-8-12(13)17/h2-9,14,18H,1H3. The summed E-state index contributed by atoms with van der Waals surface area (Å²) in [6.07, 6.45) is 0. The molecular formula is C15H13BrFNO4S. The van der Waals surface area contributed by atoms with E-state index in [2.05, 4.69) is 25.4 Å². The first-order valence-electron chi connectivity index (χ1n) is 6.45. The number of carbonyl (C=O) groups is 1. The molecule has 0 heterocycles. The van der Waals surface area contributed by atoms with Gasteiger partial charge in [0.05, 0.1) is 7.11 Å². The van der Waals surface area contributed by atoms with Gasteiger partial charge in [-0.25, -0.2) is 17.6 Å². The van der Waals surface area contributed by atoms with Crippen molar-refractivity contribution in [1.82, 2.24) is 4.72 Å². The van der Waals surface area contributed by atoms with E-state index in [4.69, 9.17) is 0 Å². The van der Waals surface area contributed by atoms with E-state index < -0.39 is 32.7 Å². The summed E-state index contributed by atoms with van der Waals surface area (Å²) in [6.45, 7) is 0. The second-order valence-electron chi connectivity index (χ2n) is 4.56. The Morgan fingerprint density at radius 1 is 1.22 bits per heavy atom. The van der Waals surface area contributed by atoms with Crippen LogP contribution in [-0.2, 0) is 19.6 Å². The molecule has 2 aromatic carbocycles. The number of nitrogens with one attached hydrogen (secondary N) is 1. The van der Waals surface area contributed by atoms with Crippen molar-refractivity contribution in [2.45, 2.75) is 10.9 Å². The van der Waals surface area contributed by atoms with Gasteiger partial charge in [0.1, 0.15) is 16.8 Å². The van der Waals surface area contributed by atoms with Gasteiger partial charge in [-0.1, -0.05) is 46.3 Å². The number of esters is 1. The molecule has 0 fully saturated rings. The summed E-state index contributed by atoms with van der Waals surface area (Å²) in [6, 6.07) is 10.4. The Morgan fingerprint density at radius 3 is 2.48 bits per heavy atom. The fourth-order valence-corrected chi connectivity index (χ4v) is 3.71. The van der Waals surface area contributed by atoms with Gasteiger partial charge in [-0.2, -0.15) is 4.72 Å². The van der Waals surface area contributed by atoms with E-state index in [9.17, 15) is 17.6 Å². The van der Waals surface area contributed by atoms with Crippen molar-refractivity contribution in [3.8, 4) is 0 Å². The van der Waals surface area contributed by atoms with Crippen LogP contribution >= 0.6 is 15.9 Å². The number of carbonyl (C=O) groups excluding carboxylic acids is 1. The number of hydrogen-bond acceptors (Lipinski definition) is 4. The molecule has 0 aliphatic rings. The topological polar surface area (TPSA) is 72.5 Å². The lowest BCUT2D eigenvalue weighted by molar-refractivity contribution is -0.142. The van der Waals surface area contributed by atoms with Crippen LogP contribution in [0.5, 0.6) is 0 Å². The van der Waals surface area contributed by atoms with Gasteiger partial charge in [0, 0.05) is 4.47 Å². The first kappa shape index (κ1) is 17.6. The van der Waals surface area contributed by atoms with Crippen LogP contribution in [0.1, 0.15) is 11.6 Å².